The molecule has 5 unspecified atom stereocenters. The van der Waals surface area contributed by atoms with Gasteiger partial charge in [0.05, 0.1) is 12.1 Å². The van der Waals surface area contributed by atoms with E-state index < -0.39 is 0 Å². The Morgan fingerprint density at radius 1 is 0.950 bits per heavy atom. The molecule has 0 saturated carbocycles. The molecule has 2 nitrogen and oxygen atoms in total. The summed E-state index contributed by atoms with van der Waals surface area (Å²) >= 11 is 0. The summed E-state index contributed by atoms with van der Waals surface area (Å²) < 4.78 is 0. The molecular formula is C18H20N2. The molecule has 0 aromatic heterocycles. The Labute approximate surface area is 120 Å². The highest BCUT2D eigenvalue weighted by molar-refractivity contribution is 5.89. The molecule has 102 valence electrons. The largest absolute Gasteiger partial charge is 0.362 e. The molecule has 0 spiro atoms. The number of allylic oxidation sites excluding steroid dienone is 6. The highest BCUT2D eigenvalue weighted by atomic mass is 15.2. The molecule has 0 aromatic rings. The van der Waals surface area contributed by atoms with E-state index in [2.05, 4.69) is 65.8 Å². The zero-order valence-electron chi connectivity index (χ0n) is 11.5. The van der Waals surface area contributed by atoms with Gasteiger partial charge in [-0.15, -0.1) is 0 Å². The van der Waals surface area contributed by atoms with Crippen molar-refractivity contribution in [1.29, 1.82) is 5.41 Å². The van der Waals surface area contributed by atoms with Crippen molar-refractivity contribution in [3.63, 3.8) is 0 Å². The van der Waals surface area contributed by atoms with Crippen molar-refractivity contribution >= 4 is 5.71 Å². The van der Waals surface area contributed by atoms with Crippen LogP contribution in [0.5, 0.6) is 0 Å². The molecule has 0 amide bonds. The van der Waals surface area contributed by atoms with Crippen LogP contribution >= 0.6 is 0 Å². The van der Waals surface area contributed by atoms with E-state index >= 15 is 0 Å². The van der Waals surface area contributed by atoms with Crippen LogP contribution in [0, 0.1) is 23.2 Å². The summed E-state index contributed by atoms with van der Waals surface area (Å²) in [7, 11) is 0. The monoisotopic (exact) mass is 264 g/mol. The number of rotatable bonds is 0. The van der Waals surface area contributed by atoms with Crippen molar-refractivity contribution in [2.24, 2.45) is 17.8 Å². The number of hydrogen-bond acceptors (Lipinski definition) is 2. The second-order valence-electron chi connectivity index (χ2n) is 6.18. The molecule has 2 heterocycles. The third-order valence-electron chi connectivity index (χ3n) is 5.06. The fourth-order valence-electron chi connectivity index (χ4n) is 4.15. The molecule has 0 aromatic carbocycles. The highest BCUT2D eigenvalue weighted by Gasteiger charge is 2.43. The SMILES string of the molecule is N=C1CC=CN2C3C=CC=CC3CC3C=CC=CC3C12. The molecule has 5 atom stereocenters. The van der Waals surface area contributed by atoms with Gasteiger partial charge in [-0.05, 0) is 18.5 Å². The molecule has 4 aliphatic rings. The summed E-state index contributed by atoms with van der Waals surface area (Å²) in [6.07, 6.45) is 24.4. The number of nitrogens with zero attached hydrogens (tertiary/aromatic N) is 1. The normalized spacial score (nSPS) is 41.1. The van der Waals surface area contributed by atoms with Gasteiger partial charge in [-0.2, -0.15) is 0 Å². The Morgan fingerprint density at radius 3 is 2.60 bits per heavy atom. The van der Waals surface area contributed by atoms with Crippen molar-refractivity contribution in [2.45, 2.75) is 24.9 Å². The van der Waals surface area contributed by atoms with Crippen molar-refractivity contribution in [1.82, 2.24) is 4.90 Å². The van der Waals surface area contributed by atoms with Gasteiger partial charge in [0.25, 0.3) is 0 Å². The van der Waals surface area contributed by atoms with E-state index in [-0.39, 0.29) is 6.04 Å². The lowest BCUT2D eigenvalue weighted by Gasteiger charge is -2.42. The maximum absolute atomic E-state index is 8.45. The van der Waals surface area contributed by atoms with E-state index in [1.165, 1.54) is 6.42 Å². The fourth-order valence-corrected chi connectivity index (χ4v) is 4.15. The van der Waals surface area contributed by atoms with Gasteiger partial charge in [0.2, 0.25) is 0 Å². The topological polar surface area (TPSA) is 27.1 Å². The summed E-state index contributed by atoms with van der Waals surface area (Å²) in [6, 6.07) is 0.645. The Bertz CT molecular complexity index is 564. The van der Waals surface area contributed by atoms with Gasteiger partial charge in [-0.3, -0.25) is 0 Å². The van der Waals surface area contributed by atoms with Crippen molar-refractivity contribution < 1.29 is 0 Å². The van der Waals surface area contributed by atoms with Crippen molar-refractivity contribution in [2.75, 3.05) is 0 Å². The smallest absolute Gasteiger partial charge is 0.0739 e. The fraction of sp³-hybridized carbons (Fsp3) is 0.389. The Balaban J connectivity index is 1.81. The zero-order valence-corrected chi connectivity index (χ0v) is 11.5. The van der Waals surface area contributed by atoms with Crippen LogP contribution in [0.4, 0.5) is 0 Å². The van der Waals surface area contributed by atoms with Crippen LogP contribution in [0.2, 0.25) is 0 Å². The summed E-state index contributed by atoms with van der Waals surface area (Å²) in [4.78, 5) is 2.44. The van der Waals surface area contributed by atoms with E-state index in [1.54, 1.807) is 0 Å². The first kappa shape index (κ1) is 12.0. The number of nitrogens with one attached hydrogen (secondary N) is 1. The van der Waals surface area contributed by atoms with Crippen LogP contribution in [-0.4, -0.2) is 22.7 Å². The maximum atomic E-state index is 8.45. The molecule has 2 aliphatic heterocycles. The molecule has 0 radical (unpaired) electrons. The van der Waals surface area contributed by atoms with Crippen LogP contribution in [0.1, 0.15) is 12.8 Å². The average molecular weight is 264 g/mol. The molecule has 2 heteroatoms. The van der Waals surface area contributed by atoms with Gasteiger partial charge in [0.15, 0.2) is 0 Å². The second kappa shape index (κ2) is 4.62. The summed E-state index contributed by atoms with van der Waals surface area (Å²) in [5.41, 5.74) is 0.867. The third kappa shape index (κ3) is 1.75. The first-order valence-corrected chi connectivity index (χ1v) is 7.56. The molecule has 1 N–H and O–H groups in total. The first-order valence-electron chi connectivity index (χ1n) is 7.56. The molecule has 2 aliphatic carbocycles. The molecule has 20 heavy (non-hydrogen) atoms. The molecule has 1 fully saturated rings. The van der Waals surface area contributed by atoms with E-state index in [0.29, 0.717) is 23.8 Å². The predicted molar refractivity (Wildman–Crippen MR) is 82.5 cm³/mol. The van der Waals surface area contributed by atoms with Crippen LogP contribution < -0.4 is 0 Å². The minimum absolute atomic E-state index is 0.234. The maximum Gasteiger partial charge on any atom is 0.0739 e. The Hall–Kier alpha value is -1.83. The highest BCUT2D eigenvalue weighted by Crippen LogP contribution is 2.41. The lowest BCUT2D eigenvalue weighted by molar-refractivity contribution is 0.230. The van der Waals surface area contributed by atoms with Gasteiger partial charge in [-0.25, -0.2) is 0 Å². The predicted octanol–water partition coefficient (Wildman–Crippen LogP) is 3.47. The quantitative estimate of drug-likeness (QED) is 0.712. The van der Waals surface area contributed by atoms with Gasteiger partial charge in [0.1, 0.15) is 0 Å². The van der Waals surface area contributed by atoms with Crippen LogP contribution in [0.25, 0.3) is 0 Å². The average Bonchev–Trinajstić information content (AvgIpc) is 2.62. The van der Waals surface area contributed by atoms with Crippen LogP contribution in [0.15, 0.2) is 60.9 Å². The molecule has 4 rings (SSSR count). The van der Waals surface area contributed by atoms with E-state index in [9.17, 15) is 0 Å². The summed E-state index contributed by atoms with van der Waals surface area (Å²) in [6.45, 7) is 0. The second-order valence-corrected chi connectivity index (χ2v) is 6.18. The minimum atomic E-state index is 0.234. The summed E-state index contributed by atoms with van der Waals surface area (Å²) in [5.74, 6) is 1.57. The van der Waals surface area contributed by atoms with E-state index in [1.807, 2.05) is 0 Å². The molecule has 1 saturated heterocycles. The zero-order chi connectivity index (χ0) is 13.5. The number of hydrogen-bond donors (Lipinski definition) is 1. The third-order valence-corrected chi connectivity index (χ3v) is 5.06. The number of fused-ring (bicyclic) bond motifs is 5. The van der Waals surface area contributed by atoms with Crippen LogP contribution in [0.3, 0.4) is 0 Å². The van der Waals surface area contributed by atoms with E-state index in [4.69, 9.17) is 5.41 Å². The van der Waals surface area contributed by atoms with E-state index in [0.717, 1.165) is 12.1 Å². The Morgan fingerprint density at radius 2 is 1.70 bits per heavy atom. The summed E-state index contributed by atoms with van der Waals surface area (Å²) in [5, 5.41) is 8.45. The lowest BCUT2D eigenvalue weighted by Crippen LogP contribution is -2.49. The minimum Gasteiger partial charge on any atom is -0.362 e. The van der Waals surface area contributed by atoms with Crippen molar-refractivity contribution in [3.8, 4) is 0 Å². The van der Waals surface area contributed by atoms with Gasteiger partial charge < -0.3 is 10.3 Å². The lowest BCUT2D eigenvalue weighted by atomic mass is 9.77. The molecular weight excluding hydrogens is 244 g/mol. The van der Waals surface area contributed by atoms with Gasteiger partial charge in [0, 0.05) is 24.0 Å². The molecule has 0 bridgehead atoms. The van der Waals surface area contributed by atoms with Crippen molar-refractivity contribution in [3.05, 3.63) is 60.9 Å². The Kier molecular flexibility index (Phi) is 2.76. The van der Waals surface area contributed by atoms with Gasteiger partial charge >= 0.3 is 0 Å². The van der Waals surface area contributed by atoms with Gasteiger partial charge in [-0.1, -0.05) is 54.7 Å². The standard InChI is InChI=1S/C18H20N2/c19-16-9-5-11-20-17-10-4-2-7-14(17)12-13-6-1-3-8-15(13)18(16)20/h1-8,10-11,13-15,17-19H,9,12H2. The first-order chi connectivity index (χ1) is 9.84. The van der Waals surface area contributed by atoms with Crippen LogP contribution in [-0.2, 0) is 0 Å².